The van der Waals surface area contributed by atoms with Crippen molar-refractivity contribution in [1.29, 1.82) is 0 Å². The zero-order valence-electron chi connectivity index (χ0n) is 9.97. The molecule has 1 aromatic heterocycles. The summed E-state index contributed by atoms with van der Waals surface area (Å²) in [5.41, 5.74) is 6.46. The predicted octanol–water partition coefficient (Wildman–Crippen LogP) is 1.74. The number of rotatable bonds is 5. The molecule has 0 spiro atoms. The van der Waals surface area contributed by atoms with Crippen molar-refractivity contribution in [3.05, 3.63) is 17.8 Å². The zero-order chi connectivity index (χ0) is 12.1. The van der Waals surface area contributed by atoms with Crippen LogP contribution in [0.15, 0.2) is 12.3 Å². The van der Waals surface area contributed by atoms with E-state index in [1.165, 1.54) is 0 Å². The van der Waals surface area contributed by atoms with Crippen molar-refractivity contribution >= 4 is 23.0 Å². The Morgan fingerprint density at radius 3 is 2.62 bits per heavy atom. The lowest BCUT2D eigenvalue weighted by molar-refractivity contribution is 0.584. The van der Waals surface area contributed by atoms with Gasteiger partial charge in [-0.25, -0.2) is 0 Å². The number of hydrogen-bond acceptors (Lipinski definition) is 4. The topological polar surface area (TPSA) is 55.0 Å². The normalized spacial score (nSPS) is 10.5. The van der Waals surface area contributed by atoms with Gasteiger partial charge in [0.1, 0.15) is 4.99 Å². The molecule has 1 aromatic rings. The predicted molar refractivity (Wildman–Crippen MR) is 70.7 cm³/mol. The third-order valence-corrected chi connectivity index (χ3v) is 3.01. The van der Waals surface area contributed by atoms with Crippen LogP contribution in [0.3, 0.4) is 0 Å². The van der Waals surface area contributed by atoms with Gasteiger partial charge in [-0.15, -0.1) is 5.10 Å². The first-order valence-corrected chi connectivity index (χ1v) is 5.86. The lowest BCUT2D eigenvalue weighted by Crippen LogP contribution is -2.33. The van der Waals surface area contributed by atoms with Crippen LogP contribution in [0.2, 0.25) is 0 Å². The molecule has 0 bridgehead atoms. The summed E-state index contributed by atoms with van der Waals surface area (Å²) < 4.78 is 0. The van der Waals surface area contributed by atoms with Gasteiger partial charge in [-0.1, -0.05) is 26.1 Å². The summed E-state index contributed by atoms with van der Waals surface area (Å²) in [6.07, 6.45) is 3.72. The molecule has 0 saturated carbocycles. The fourth-order valence-corrected chi connectivity index (χ4v) is 1.95. The summed E-state index contributed by atoms with van der Waals surface area (Å²) in [5, 5.41) is 8.02. The van der Waals surface area contributed by atoms with Crippen molar-refractivity contribution in [3.8, 4) is 0 Å². The first-order chi connectivity index (χ1) is 7.61. The highest BCUT2D eigenvalue weighted by Crippen LogP contribution is 2.19. The molecule has 1 heterocycles. The molecule has 0 saturated heterocycles. The van der Waals surface area contributed by atoms with Gasteiger partial charge in [0.2, 0.25) is 0 Å². The SMILES string of the molecule is CCC(CC)N(C)c1nnccc1C(N)=S. The summed E-state index contributed by atoms with van der Waals surface area (Å²) in [5.74, 6) is 0.767. The van der Waals surface area contributed by atoms with E-state index in [-0.39, 0.29) is 0 Å². The second-order valence-electron chi connectivity index (χ2n) is 3.71. The molecular formula is C11H18N4S. The molecule has 2 N–H and O–H groups in total. The molecule has 5 heteroatoms. The minimum Gasteiger partial charge on any atom is -0.389 e. The van der Waals surface area contributed by atoms with Crippen molar-refractivity contribution < 1.29 is 0 Å². The van der Waals surface area contributed by atoms with Crippen LogP contribution in [-0.2, 0) is 0 Å². The highest BCUT2D eigenvalue weighted by molar-refractivity contribution is 7.80. The maximum atomic E-state index is 5.67. The lowest BCUT2D eigenvalue weighted by Gasteiger charge is -2.28. The van der Waals surface area contributed by atoms with Crippen molar-refractivity contribution in [1.82, 2.24) is 10.2 Å². The molecule has 1 rings (SSSR count). The average Bonchev–Trinajstić information content (AvgIpc) is 2.30. The van der Waals surface area contributed by atoms with Crippen molar-refractivity contribution in [2.75, 3.05) is 11.9 Å². The summed E-state index contributed by atoms with van der Waals surface area (Å²) in [7, 11) is 2.00. The average molecular weight is 238 g/mol. The smallest absolute Gasteiger partial charge is 0.161 e. The van der Waals surface area contributed by atoms with Crippen molar-refractivity contribution in [2.45, 2.75) is 32.7 Å². The molecule has 0 atom stereocenters. The fourth-order valence-electron chi connectivity index (χ4n) is 1.79. The molecule has 0 aliphatic rings. The first-order valence-electron chi connectivity index (χ1n) is 5.46. The largest absolute Gasteiger partial charge is 0.389 e. The van der Waals surface area contributed by atoms with Crippen LogP contribution in [0.5, 0.6) is 0 Å². The van der Waals surface area contributed by atoms with E-state index in [2.05, 4.69) is 28.9 Å². The first kappa shape index (κ1) is 12.8. The fraction of sp³-hybridized carbons (Fsp3) is 0.545. The van der Waals surface area contributed by atoms with Crippen molar-refractivity contribution in [2.24, 2.45) is 5.73 Å². The highest BCUT2D eigenvalue weighted by Gasteiger charge is 2.17. The van der Waals surface area contributed by atoms with Gasteiger partial charge < -0.3 is 10.6 Å². The molecule has 0 aliphatic carbocycles. The Balaban J connectivity index is 3.07. The number of hydrogen-bond donors (Lipinski definition) is 1. The minimum atomic E-state index is 0.364. The van der Waals surface area contributed by atoms with Gasteiger partial charge in [-0.05, 0) is 18.9 Å². The van der Waals surface area contributed by atoms with Gasteiger partial charge in [-0.3, -0.25) is 0 Å². The molecule has 16 heavy (non-hydrogen) atoms. The molecule has 4 nitrogen and oxygen atoms in total. The lowest BCUT2D eigenvalue weighted by atomic mass is 10.1. The van der Waals surface area contributed by atoms with Gasteiger partial charge in [0.25, 0.3) is 0 Å². The van der Waals surface area contributed by atoms with E-state index in [1.54, 1.807) is 6.20 Å². The van der Waals surface area contributed by atoms with Gasteiger partial charge >= 0.3 is 0 Å². The molecule has 0 aliphatic heterocycles. The van der Waals surface area contributed by atoms with Gasteiger partial charge in [0.15, 0.2) is 5.82 Å². The summed E-state index contributed by atoms with van der Waals surface area (Å²) >= 11 is 5.01. The van der Waals surface area contributed by atoms with Gasteiger partial charge in [0.05, 0.1) is 11.8 Å². The van der Waals surface area contributed by atoms with E-state index < -0.39 is 0 Å². The van der Waals surface area contributed by atoms with Crippen LogP contribution in [-0.4, -0.2) is 28.3 Å². The Morgan fingerprint density at radius 1 is 1.50 bits per heavy atom. The van der Waals surface area contributed by atoms with Gasteiger partial charge in [0, 0.05) is 13.1 Å². The third-order valence-electron chi connectivity index (χ3n) is 2.79. The number of aromatic nitrogens is 2. The van der Waals surface area contributed by atoms with E-state index in [1.807, 2.05) is 13.1 Å². The Morgan fingerprint density at radius 2 is 2.12 bits per heavy atom. The number of anilines is 1. The molecule has 88 valence electrons. The van der Waals surface area contributed by atoms with Crippen LogP contribution < -0.4 is 10.6 Å². The number of thiocarbonyl (C=S) groups is 1. The minimum absolute atomic E-state index is 0.364. The quantitative estimate of drug-likeness (QED) is 0.792. The van der Waals surface area contributed by atoms with Crippen LogP contribution in [0.25, 0.3) is 0 Å². The summed E-state index contributed by atoms with van der Waals surface area (Å²) in [6, 6.07) is 2.24. The molecular weight excluding hydrogens is 220 g/mol. The van der Waals surface area contributed by atoms with Crippen LogP contribution in [0, 0.1) is 0 Å². The zero-order valence-corrected chi connectivity index (χ0v) is 10.8. The van der Waals surface area contributed by atoms with E-state index in [0.29, 0.717) is 11.0 Å². The molecule has 0 unspecified atom stereocenters. The van der Waals surface area contributed by atoms with Crippen LogP contribution in [0.1, 0.15) is 32.3 Å². The maximum absolute atomic E-state index is 5.67. The third kappa shape index (κ3) is 2.66. The molecule has 0 fully saturated rings. The van der Waals surface area contributed by atoms with E-state index in [4.69, 9.17) is 18.0 Å². The van der Waals surface area contributed by atoms with E-state index in [0.717, 1.165) is 24.2 Å². The van der Waals surface area contributed by atoms with Gasteiger partial charge in [-0.2, -0.15) is 5.10 Å². The Hall–Kier alpha value is -1.23. The van der Waals surface area contributed by atoms with Crippen molar-refractivity contribution in [3.63, 3.8) is 0 Å². The summed E-state index contributed by atoms with van der Waals surface area (Å²) in [4.78, 5) is 2.46. The number of nitrogens with two attached hydrogens (primary N) is 1. The Labute approximate surface area is 102 Å². The highest BCUT2D eigenvalue weighted by atomic mass is 32.1. The Kier molecular flexibility index (Phi) is 4.61. The van der Waals surface area contributed by atoms with E-state index in [9.17, 15) is 0 Å². The van der Waals surface area contributed by atoms with E-state index >= 15 is 0 Å². The molecule has 0 aromatic carbocycles. The second kappa shape index (κ2) is 5.75. The molecule has 0 radical (unpaired) electrons. The standard InChI is InChI=1S/C11H18N4S/c1-4-8(5-2)15(3)11-9(10(12)16)6-7-13-14-11/h6-8H,4-5H2,1-3H3,(H2,12,16). The van der Waals surface area contributed by atoms with Crippen LogP contribution >= 0.6 is 12.2 Å². The maximum Gasteiger partial charge on any atom is 0.161 e. The summed E-state index contributed by atoms with van der Waals surface area (Å²) in [6.45, 7) is 4.31. The monoisotopic (exact) mass is 238 g/mol. The Bertz CT molecular complexity index is 363. The second-order valence-corrected chi connectivity index (χ2v) is 4.15. The van der Waals surface area contributed by atoms with Crippen LogP contribution in [0.4, 0.5) is 5.82 Å². The molecule has 0 amide bonds. The number of nitrogens with zero attached hydrogens (tertiary/aromatic N) is 3.